The van der Waals surface area contributed by atoms with Gasteiger partial charge in [-0.25, -0.2) is 0 Å². The Hall–Kier alpha value is -0.820. The van der Waals surface area contributed by atoms with Crippen molar-refractivity contribution in [2.45, 2.75) is 52.0 Å². The maximum Gasteiger partial charge on any atom is 0.0419 e. The zero-order valence-corrected chi connectivity index (χ0v) is 10.9. The molecular formula is C15H23N. The average molecular weight is 217 g/mol. The lowest BCUT2D eigenvalue weighted by molar-refractivity contribution is 0.0618. The van der Waals surface area contributed by atoms with Gasteiger partial charge in [-0.15, -0.1) is 0 Å². The predicted octanol–water partition coefficient (Wildman–Crippen LogP) is 3.78. The van der Waals surface area contributed by atoms with Crippen molar-refractivity contribution in [3.63, 3.8) is 0 Å². The van der Waals surface area contributed by atoms with Crippen LogP contribution >= 0.6 is 0 Å². The maximum atomic E-state index is 6.43. The topological polar surface area (TPSA) is 26.0 Å². The van der Waals surface area contributed by atoms with E-state index in [0.29, 0.717) is 11.3 Å². The highest BCUT2D eigenvalue weighted by molar-refractivity contribution is 5.32. The molecule has 2 rings (SSSR count). The summed E-state index contributed by atoms with van der Waals surface area (Å²) in [7, 11) is 0. The van der Waals surface area contributed by atoms with Crippen LogP contribution in [-0.4, -0.2) is 0 Å². The standard InChI is InChI=1S/C15H23N/c1-11(2)12-5-7-13(8-6-12)15(16)9-14(3,4)10-15/h5-8,11H,9-10,16H2,1-4H3. The molecule has 1 aromatic carbocycles. The van der Waals surface area contributed by atoms with Gasteiger partial charge >= 0.3 is 0 Å². The van der Waals surface area contributed by atoms with Crippen LogP contribution in [-0.2, 0) is 5.54 Å². The van der Waals surface area contributed by atoms with E-state index in [1.807, 2.05) is 0 Å². The van der Waals surface area contributed by atoms with E-state index >= 15 is 0 Å². The Labute approximate surface area is 99.0 Å². The highest BCUT2D eigenvalue weighted by Crippen LogP contribution is 2.51. The fourth-order valence-corrected chi connectivity index (χ4v) is 3.06. The molecule has 0 saturated heterocycles. The molecule has 88 valence electrons. The highest BCUT2D eigenvalue weighted by Gasteiger charge is 2.47. The van der Waals surface area contributed by atoms with Crippen LogP contribution < -0.4 is 5.73 Å². The van der Waals surface area contributed by atoms with Crippen LogP contribution in [0, 0.1) is 5.41 Å². The van der Waals surface area contributed by atoms with Gasteiger partial charge in [0.05, 0.1) is 0 Å². The van der Waals surface area contributed by atoms with Crippen molar-refractivity contribution in [2.75, 3.05) is 0 Å². The summed E-state index contributed by atoms with van der Waals surface area (Å²) >= 11 is 0. The van der Waals surface area contributed by atoms with Gasteiger partial charge in [0.1, 0.15) is 0 Å². The first-order chi connectivity index (χ1) is 7.32. The predicted molar refractivity (Wildman–Crippen MR) is 69.4 cm³/mol. The molecule has 0 atom stereocenters. The van der Waals surface area contributed by atoms with Crippen LogP contribution in [0.2, 0.25) is 0 Å². The van der Waals surface area contributed by atoms with E-state index in [0.717, 1.165) is 12.8 Å². The fraction of sp³-hybridized carbons (Fsp3) is 0.600. The summed E-state index contributed by atoms with van der Waals surface area (Å²) in [5, 5.41) is 0. The van der Waals surface area contributed by atoms with E-state index in [1.54, 1.807) is 0 Å². The molecule has 0 radical (unpaired) electrons. The lowest BCUT2D eigenvalue weighted by Gasteiger charge is -2.51. The quantitative estimate of drug-likeness (QED) is 0.801. The first-order valence-corrected chi connectivity index (χ1v) is 6.22. The molecule has 0 spiro atoms. The van der Waals surface area contributed by atoms with Gasteiger partial charge in [0.15, 0.2) is 0 Å². The monoisotopic (exact) mass is 217 g/mol. The molecule has 0 bridgehead atoms. The number of hydrogen-bond acceptors (Lipinski definition) is 1. The summed E-state index contributed by atoms with van der Waals surface area (Å²) in [6, 6.07) is 8.87. The summed E-state index contributed by atoms with van der Waals surface area (Å²) < 4.78 is 0. The van der Waals surface area contributed by atoms with Gasteiger partial charge in [-0.3, -0.25) is 0 Å². The minimum atomic E-state index is -0.0704. The average Bonchev–Trinajstić information content (AvgIpc) is 2.14. The lowest BCUT2D eigenvalue weighted by atomic mass is 9.57. The fourth-order valence-electron chi connectivity index (χ4n) is 3.06. The normalized spacial score (nSPS) is 21.9. The van der Waals surface area contributed by atoms with E-state index in [-0.39, 0.29) is 5.54 Å². The summed E-state index contributed by atoms with van der Waals surface area (Å²) in [5.41, 5.74) is 9.47. The first kappa shape index (κ1) is 11.7. The Morgan fingerprint density at radius 2 is 1.56 bits per heavy atom. The van der Waals surface area contributed by atoms with Crippen LogP contribution in [0.5, 0.6) is 0 Å². The first-order valence-electron chi connectivity index (χ1n) is 6.22. The molecule has 1 aromatic rings. The summed E-state index contributed by atoms with van der Waals surface area (Å²) in [6.07, 6.45) is 2.20. The molecule has 1 saturated carbocycles. The molecule has 2 N–H and O–H groups in total. The number of benzene rings is 1. The van der Waals surface area contributed by atoms with Gasteiger partial charge in [0, 0.05) is 5.54 Å². The third kappa shape index (κ3) is 2.01. The second-order valence-corrected chi connectivity index (χ2v) is 6.45. The third-order valence-corrected chi connectivity index (χ3v) is 3.74. The summed E-state index contributed by atoms with van der Waals surface area (Å²) in [6.45, 7) is 9.03. The molecule has 0 heterocycles. The Kier molecular flexibility index (Phi) is 2.62. The van der Waals surface area contributed by atoms with E-state index in [2.05, 4.69) is 52.0 Å². The zero-order chi connectivity index (χ0) is 12.0. The Morgan fingerprint density at radius 3 is 1.94 bits per heavy atom. The largest absolute Gasteiger partial charge is 0.321 e. The van der Waals surface area contributed by atoms with E-state index < -0.39 is 0 Å². The van der Waals surface area contributed by atoms with Crippen LogP contribution in [0.25, 0.3) is 0 Å². The minimum absolute atomic E-state index is 0.0704. The second kappa shape index (κ2) is 3.59. The lowest BCUT2D eigenvalue weighted by Crippen LogP contribution is -2.53. The van der Waals surface area contributed by atoms with Gasteiger partial charge in [0.2, 0.25) is 0 Å². The van der Waals surface area contributed by atoms with Gasteiger partial charge in [0.25, 0.3) is 0 Å². The summed E-state index contributed by atoms with van der Waals surface area (Å²) in [5.74, 6) is 0.598. The highest BCUT2D eigenvalue weighted by atomic mass is 14.8. The summed E-state index contributed by atoms with van der Waals surface area (Å²) in [4.78, 5) is 0. The SMILES string of the molecule is CC(C)c1ccc(C2(N)CC(C)(C)C2)cc1. The molecule has 0 aliphatic heterocycles. The Balaban J connectivity index is 2.17. The van der Waals surface area contributed by atoms with Crippen LogP contribution in [0.3, 0.4) is 0 Å². The van der Waals surface area contributed by atoms with Gasteiger partial charge in [-0.05, 0) is 35.3 Å². The number of nitrogens with two attached hydrogens (primary N) is 1. The van der Waals surface area contributed by atoms with Crippen molar-refractivity contribution in [1.82, 2.24) is 0 Å². The maximum absolute atomic E-state index is 6.43. The molecule has 1 aliphatic carbocycles. The van der Waals surface area contributed by atoms with Crippen molar-refractivity contribution >= 4 is 0 Å². The second-order valence-electron chi connectivity index (χ2n) is 6.45. The molecule has 1 nitrogen and oxygen atoms in total. The number of hydrogen-bond donors (Lipinski definition) is 1. The van der Waals surface area contributed by atoms with Crippen molar-refractivity contribution in [3.05, 3.63) is 35.4 Å². The molecule has 0 unspecified atom stereocenters. The molecular weight excluding hydrogens is 194 g/mol. The van der Waals surface area contributed by atoms with Gasteiger partial charge in [-0.2, -0.15) is 0 Å². The smallest absolute Gasteiger partial charge is 0.0419 e. The molecule has 16 heavy (non-hydrogen) atoms. The van der Waals surface area contributed by atoms with E-state index in [4.69, 9.17) is 5.73 Å². The molecule has 1 aliphatic rings. The minimum Gasteiger partial charge on any atom is -0.321 e. The van der Waals surface area contributed by atoms with Crippen molar-refractivity contribution < 1.29 is 0 Å². The van der Waals surface area contributed by atoms with Gasteiger partial charge < -0.3 is 5.73 Å². The van der Waals surface area contributed by atoms with E-state index in [1.165, 1.54) is 11.1 Å². The van der Waals surface area contributed by atoms with E-state index in [9.17, 15) is 0 Å². The Morgan fingerprint density at radius 1 is 1.06 bits per heavy atom. The third-order valence-electron chi connectivity index (χ3n) is 3.74. The number of rotatable bonds is 2. The molecule has 1 heteroatoms. The van der Waals surface area contributed by atoms with Gasteiger partial charge in [-0.1, -0.05) is 52.0 Å². The molecule has 0 aromatic heterocycles. The Bertz CT molecular complexity index is 365. The van der Waals surface area contributed by atoms with Crippen LogP contribution in [0.1, 0.15) is 57.6 Å². The zero-order valence-electron chi connectivity index (χ0n) is 10.9. The molecule has 0 amide bonds. The van der Waals surface area contributed by atoms with Crippen LogP contribution in [0.4, 0.5) is 0 Å². The van der Waals surface area contributed by atoms with Crippen molar-refractivity contribution in [2.24, 2.45) is 11.1 Å². The van der Waals surface area contributed by atoms with Crippen LogP contribution in [0.15, 0.2) is 24.3 Å². The molecule has 1 fully saturated rings. The van der Waals surface area contributed by atoms with Crippen molar-refractivity contribution in [3.8, 4) is 0 Å². The van der Waals surface area contributed by atoms with Crippen molar-refractivity contribution in [1.29, 1.82) is 0 Å².